The summed E-state index contributed by atoms with van der Waals surface area (Å²) < 4.78 is 10.0. The highest BCUT2D eigenvalue weighted by molar-refractivity contribution is 5.75. The number of aryl methyl sites for hydroxylation is 1. The lowest BCUT2D eigenvalue weighted by Gasteiger charge is -2.08. The minimum atomic E-state index is -0.346. The van der Waals surface area contributed by atoms with Crippen molar-refractivity contribution in [3.63, 3.8) is 0 Å². The van der Waals surface area contributed by atoms with E-state index in [0.29, 0.717) is 19.6 Å². The van der Waals surface area contributed by atoms with Crippen LogP contribution in [0.5, 0.6) is 5.75 Å². The average molecular weight is 294 g/mol. The van der Waals surface area contributed by atoms with E-state index in [2.05, 4.69) is 15.4 Å². The number of esters is 1. The van der Waals surface area contributed by atoms with Gasteiger partial charge in [-0.25, -0.2) is 4.79 Å². The third-order valence-corrected chi connectivity index (χ3v) is 2.74. The molecule has 0 saturated carbocycles. The molecule has 0 aromatic heterocycles. The van der Waals surface area contributed by atoms with Crippen molar-refractivity contribution in [3.05, 3.63) is 29.8 Å². The zero-order chi connectivity index (χ0) is 15.5. The lowest BCUT2D eigenvalue weighted by Crippen LogP contribution is -2.37. The van der Waals surface area contributed by atoms with Gasteiger partial charge in [-0.15, -0.1) is 0 Å². The average Bonchev–Trinajstić information content (AvgIpc) is 2.48. The van der Waals surface area contributed by atoms with E-state index in [1.807, 2.05) is 31.2 Å². The van der Waals surface area contributed by atoms with Crippen LogP contribution in [0.15, 0.2) is 24.3 Å². The molecule has 0 fully saturated rings. The molecule has 1 aromatic rings. The molecule has 21 heavy (non-hydrogen) atoms. The van der Waals surface area contributed by atoms with E-state index in [1.54, 1.807) is 0 Å². The second kappa shape index (κ2) is 9.63. The molecule has 0 saturated heterocycles. The monoisotopic (exact) mass is 294 g/mol. The van der Waals surface area contributed by atoms with Gasteiger partial charge in [-0.3, -0.25) is 4.79 Å². The number of methoxy groups -OCH3 is 1. The van der Waals surface area contributed by atoms with Gasteiger partial charge in [-0.05, 0) is 25.5 Å². The van der Waals surface area contributed by atoms with Crippen molar-refractivity contribution < 1.29 is 19.1 Å². The van der Waals surface area contributed by atoms with E-state index in [9.17, 15) is 9.59 Å². The number of amides is 2. The molecule has 0 aliphatic rings. The number of hydrogen-bond donors (Lipinski definition) is 2. The summed E-state index contributed by atoms with van der Waals surface area (Å²) in [7, 11) is 1.32. The van der Waals surface area contributed by atoms with Crippen molar-refractivity contribution in [1.29, 1.82) is 0 Å². The van der Waals surface area contributed by atoms with Crippen LogP contribution in [0.4, 0.5) is 4.79 Å². The Hall–Kier alpha value is -2.24. The van der Waals surface area contributed by atoms with Gasteiger partial charge in [0.05, 0.1) is 20.1 Å². The first-order chi connectivity index (χ1) is 10.1. The van der Waals surface area contributed by atoms with Crippen LogP contribution < -0.4 is 15.4 Å². The van der Waals surface area contributed by atoms with Gasteiger partial charge < -0.3 is 20.1 Å². The number of rotatable bonds is 8. The van der Waals surface area contributed by atoms with Gasteiger partial charge in [0.2, 0.25) is 0 Å². The molecular formula is C15H22N2O4. The Morgan fingerprint density at radius 3 is 2.43 bits per heavy atom. The number of carbonyl (C=O) groups excluding carboxylic acids is 2. The minimum Gasteiger partial charge on any atom is -0.494 e. The molecule has 6 heteroatoms. The van der Waals surface area contributed by atoms with Crippen LogP contribution in [0.25, 0.3) is 0 Å². The van der Waals surface area contributed by atoms with Crippen molar-refractivity contribution in [3.8, 4) is 5.75 Å². The Morgan fingerprint density at radius 2 is 1.76 bits per heavy atom. The SMILES string of the molecule is COC(=O)CCNC(=O)NCCCOc1ccc(C)cc1. The lowest BCUT2D eigenvalue weighted by molar-refractivity contribution is -0.140. The lowest BCUT2D eigenvalue weighted by atomic mass is 10.2. The molecule has 0 aliphatic carbocycles. The minimum absolute atomic E-state index is 0.167. The van der Waals surface area contributed by atoms with Crippen LogP contribution in [-0.4, -0.2) is 38.8 Å². The molecule has 0 spiro atoms. The highest BCUT2D eigenvalue weighted by Crippen LogP contribution is 2.11. The van der Waals surface area contributed by atoms with Crippen LogP contribution in [0.3, 0.4) is 0 Å². The third kappa shape index (κ3) is 7.81. The quantitative estimate of drug-likeness (QED) is 0.564. The van der Waals surface area contributed by atoms with Gasteiger partial charge in [0.25, 0.3) is 0 Å². The summed E-state index contributed by atoms with van der Waals surface area (Å²) in [6.45, 7) is 3.33. The Morgan fingerprint density at radius 1 is 1.10 bits per heavy atom. The van der Waals surface area contributed by atoms with E-state index < -0.39 is 0 Å². The van der Waals surface area contributed by atoms with Crippen molar-refractivity contribution in [1.82, 2.24) is 10.6 Å². The van der Waals surface area contributed by atoms with Gasteiger partial charge in [0.1, 0.15) is 5.75 Å². The van der Waals surface area contributed by atoms with Gasteiger partial charge >= 0.3 is 12.0 Å². The largest absolute Gasteiger partial charge is 0.494 e. The maximum absolute atomic E-state index is 11.4. The van der Waals surface area contributed by atoms with E-state index in [-0.39, 0.29) is 25.0 Å². The second-order valence-electron chi connectivity index (χ2n) is 4.52. The number of urea groups is 1. The summed E-state index contributed by atoms with van der Waals surface area (Å²) in [4.78, 5) is 22.2. The smallest absolute Gasteiger partial charge is 0.314 e. The van der Waals surface area contributed by atoms with Gasteiger partial charge in [0, 0.05) is 13.1 Å². The summed E-state index contributed by atoms with van der Waals surface area (Å²) in [5.74, 6) is 0.477. The van der Waals surface area contributed by atoms with Crippen molar-refractivity contribution in [2.24, 2.45) is 0 Å². The number of hydrogen-bond acceptors (Lipinski definition) is 4. The molecule has 0 bridgehead atoms. The Labute approximate surface area is 124 Å². The highest BCUT2D eigenvalue weighted by atomic mass is 16.5. The molecule has 0 aliphatic heterocycles. The number of ether oxygens (including phenoxy) is 2. The van der Waals surface area contributed by atoms with Crippen LogP contribution in [0, 0.1) is 6.92 Å². The number of carbonyl (C=O) groups is 2. The van der Waals surface area contributed by atoms with Crippen LogP contribution in [0.1, 0.15) is 18.4 Å². The first-order valence-electron chi connectivity index (χ1n) is 6.90. The number of benzene rings is 1. The van der Waals surface area contributed by atoms with Crippen LogP contribution in [-0.2, 0) is 9.53 Å². The molecule has 116 valence electrons. The van der Waals surface area contributed by atoms with E-state index in [1.165, 1.54) is 12.7 Å². The van der Waals surface area contributed by atoms with Gasteiger partial charge in [-0.2, -0.15) is 0 Å². The van der Waals surface area contributed by atoms with E-state index >= 15 is 0 Å². The van der Waals surface area contributed by atoms with Gasteiger partial charge in [-0.1, -0.05) is 17.7 Å². The summed E-state index contributed by atoms with van der Waals surface area (Å²) in [5, 5.41) is 5.26. The summed E-state index contributed by atoms with van der Waals surface area (Å²) in [5.41, 5.74) is 1.19. The molecule has 2 amide bonds. The maximum Gasteiger partial charge on any atom is 0.314 e. The molecule has 1 aromatic carbocycles. The molecule has 6 nitrogen and oxygen atoms in total. The molecule has 0 unspecified atom stereocenters. The van der Waals surface area contributed by atoms with Crippen molar-refractivity contribution in [2.45, 2.75) is 19.8 Å². The Kier molecular flexibility index (Phi) is 7.71. The second-order valence-corrected chi connectivity index (χ2v) is 4.52. The van der Waals surface area contributed by atoms with Crippen molar-refractivity contribution >= 4 is 12.0 Å². The molecule has 0 radical (unpaired) electrons. The van der Waals surface area contributed by atoms with Gasteiger partial charge in [0.15, 0.2) is 0 Å². The normalized spacial score (nSPS) is 9.81. The van der Waals surface area contributed by atoms with Crippen LogP contribution >= 0.6 is 0 Å². The van der Waals surface area contributed by atoms with E-state index in [0.717, 1.165) is 5.75 Å². The van der Waals surface area contributed by atoms with Crippen molar-refractivity contribution in [2.75, 3.05) is 26.8 Å². The predicted octanol–water partition coefficient (Wildman–Crippen LogP) is 1.63. The standard InChI is InChI=1S/C15H22N2O4/c1-12-4-6-13(7-5-12)21-11-3-9-16-15(19)17-10-8-14(18)20-2/h4-7H,3,8-11H2,1-2H3,(H2,16,17,19). The summed E-state index contributed by atoms with van der Waals surface area (Å²) in [6, 6.07) is 7.52. The topological polar surface area (TPSA) is 76.7 Å². The summed E-state index contributed by atoms with van der Waals surface area (Å²) >= 11 is 0. The Bertz CT molecular complexity index is 445. The highest BCUT2D eigenvalue weighted by Gasteiger charge is 2.02. The fourth-order valence-corrected chi connectivity index (χ4v) is 1.54. The van der Waals surface area contributed by atoms with E-state index in [4.69, 9.17) is 4.74 Å². The van der Waals surface area contributed by atoms with Crippen LogP contribution in [0.2, 0.25) is 0 Å². The summed E-state index contributed by atoms with van der Waals surface area (Å²) in [6.07, 6.45) is 0.874. The zero-order valence-corrected chi connectivity index (χ0v) is 12.5. The molecule has 0 heterocycles. The maximum atomic E-state index is 11.4. The zero-order valence-electron chi connectivity index (χ0n) is 12.5. The fraction of sp³-hybridized carbons (Fsp3) is 0.467. The fourth-order valence-electron chi connectivity index (χ4n) is 1.54. The number of nitrogens with one attached hydrogen (secondary N) is 2. The predicted molar refractivity (Wildman–Crippen MR) is 79.3 cm³/mol. The molecule has 2 N–H and O–H groups in total. The molecular weight excluding hydrogens is 272 g/mol. The third-order valence-electron chi connectivity index (χ3n) is 2.74. The first-order valence-corrected chi connectivity index (χ1v) is 6.90. The first kappa shape index (κ1) is 16.8. The molecule has 1 rings (SSSR count). The Balaban J connectivity index is 2.02. The molecule has 0 atom stereocenters.